The summed E-state index contributed by atoms with van der Waals surface area (Å²) in [6.07, 6.45) is -0.666. The largest absolute Gasteiger partial charge is 0.573 e. The van der Waals surface area contributed by atoms with Crippen molar-refractivity contribution in [2.75, 3.05) is 5.75 Å². The van der Waals surface area contributed by atoms with E-state index >= 15 is 0 Å². The number of nitrogens with one attached hydrogen (secondary N) is 2. The van der Waals surface area contributed by atoms with Crippen molar-refractivity contribution in [3.05, 3.63) is 24.3 Å². The number of rotatable bonds is 6. The third-order valence-corrected chi connectivity index (χ3v) is 5.69. The number of alkyl halides is 3. The summed E-state index contributed by atoms with van der Waals surface area (Å²) in [6, 6.07) is 4.46. The van der Waals surface area contributed by atoms with Gasteiger partial charge < -0.3 is 10.1 Å². The molecule has 0 aliphatic heterocycles. The molecule has 0 spiro atoms. The minimum absolute atomic E-state index is 0.0470. The number of carbonyl (C=O) groups is 2. The van der Waals surface area contributed by atoms with Crippen molar-refractivity contribution in [1.29, 1.82) is 0 Å². The fourth-order valence-electron chi connectivity index (χ4n) is 3.25. The standard InChI is InChI=1S/C18H21F3N6O3S/c1-11-4-2-3-5-14(11)22-16(29)23-15(28)10-31-17-24-25-26-27(17)12-6-8-13(9-7-12)30-18(19,20)21/h6-9,11,14H,2-5,10H2,1H3,(H2,22,23,28,29). The number of tetrazole rings is 1. The molecule has 1 aliphatic carbocycles. The van der Waals surface area contributed by atoms with Crippen LogP contribution in [0.25, 0.3) is 5.69 Å². The molecule has 3 rings (SSSR count). The molecule has 2 unspecified atom stereocenters. The zero-order valence-corrected chi connectivity index (χ0v) is 17.4. The predicted molar refractivity (Wildman–Crippen MR) is 105 cm³/mol. The lowest BCUT2D eigenvalue weighted by Crippen LogP contribution is -2.48. The number of imide groups is 1. The monoisotopic (exact) mass is 458 g/mol. The van der Waals surface area contributed by atoms with Gasteiger partial charge in [0.2, 0.25) is 11.1 Å². The highest BCUT2D eigenvalue weighted by molar-refractivity contribution is 7.99. The number of ether oxygens (including phenoxy) is 1. The highest BCUT2D eigenvalue weighted by Crippen LogP contribution is 2.25. The van der Waals surface area contributed by atoms with Crippen molar-refractivity contribution in [2.45, 2.75) is 50.2 Å². The van der Waals surface area contributed by atoms with Gasteiger partial charge in [-0.05, 0) is 53.5 Å². The highest BCUT2D eigenvalue weighted by Gasteiger charge is 2.31. The maximum absolute atomic E-state index is 12.3. The Kier molecular flexibility index (Phi) is 7.36. The zero-order valence-electron chi connectivity index (χ0n) is 16.6. The smallest absolute Gasteiger partial charge is 0.406 e. The van der Waals surface area contributed by atoms with Crippen LogP contribution in [-0.4, -0.2) is 50.3 Å². The maximum atomic E-state index is 12.3. The van der Waals surface area contributed by atoms with Crippen LogP contribution in [0.1, 0.15) is 32.6 Å². The van der Waals surface area contributed by atoms with Gasteiger partial charge in [0.05, 0.1) is 11.4 Å². The Morgan fingerprint density at radius 1 is 1.23 bits per heavy atom. The van der Waals surface area contributed by atoms with E-state index in [9.17, 15) is 22.8 Å². The molecule has 2 atom stereocenters. The van der Waals surface area contributed by atoms with Gasteiger partial charge in [-0.1, -0.05) is 31.5 Å². The van der Waals surface area contributed by atoms with E-state index in [0.717, 1.165) is 49.6 Å². The predicted octanol–water partition coefficient (Wildman–Crippen LogP) is 3.06. The summed E-state index contributed by atoms with van der Waals surface area (Å²) in [5.74, 6) is -0.657. The van der Waals surface area contributed by atoms with E-state index in [0.29, 0.717) is 11.6 Å². The normalized spacial score (nSPS) is 19.0. The average molecular weight is 458 g/mol. The second-order valence-electron chi connectivity index (χ2n) is 7.09. The number of benzene rings is 1. The van der Waals surface area contributed by atoms with Gasteiger partial charge in [-0.3, -0.25) is 10.1 Å². The van der Waals surface area contributed by atoms with Crippen molar-refractivity contribution in [2.24, 2.45) is 5.92 Å². The molecule has 31 heavy (non-hydrogen) atoms. The number of amides is 3. The van der Waals surface area contributed by atoms with Crippen molar-refractivity contribution < 1.29 is 27.5 Å². The lowest BCUT2D eigenvalue weighted by atomic mass is 9.86. The van der Waals surface area contributed by atoms with Crippen LogP contribution in [0.2, 0.25) is 0 Å². The topological polar surface area (TPSA) is 111 Å². The fourth-order valence-corrected chi connectivity index (χ4v) is 3.94. The molecule has 1 aromatic carbocycles. The first-order chi connectivity index (χ1) is 14.7. The van der Waals surface area contributed by atoms with Gasteiger partial charge in [0.1, 0.15) is 5.75 Å². The molecule has 1 aliphatic rings. The van der Waals surface area contributed by atoms with E-state index in [1.54, 1.807) is 0 Å². The summed E-state index contributed by atoms with van der Waals surface area (Å²) < 4.78 is 41.9. The van der Waals surface area contributed by atoms with Crippen molar-refractivity contribution >= 4 is 23.7 Å². The zero-order chi connectivity index (χ0) is 22.4. The van der Waals surface area contributed by atoms with Crippen LogP contribution in [0.5, 0.6) is 5.75 Å². The van der Waals surface area contributed by atoms with Crippen molar-refractivity contribution in [3.63, 3.8) is 0 Å². The molecular formula is C18H21F3N6O3S. The highest BCUT2D eigenvalue weighted by atomic mass is 32.2. The number of nitrogens with zero attached hydrogens (tertiary/aromatic N) is 4. The number of hydrogen-bond acceptors (Lipinski definition) is 7. The third-order valence-electron chi connectivity index (χ3n) is 4.77. The lowest BCUT2D eigenvalue weighted by molar-refractivity contribution is -0.274. The molecule has 1 heterocycles. The van der Waals surface area contributed by atoms with Crippen LogP contribution in [0.15, 0.2) is 29.4 Å². The first kappa shape index (κ1) is 22.8. The van der Waals surface area contributed by atoms with Crippen LogP contribution in [0.4, 0.5) is 18.0 Å². The van der Waals surface area contributed by atoms with Crippen molar-refractivity contribution in [1.82, 2.24) is 30.8 Å². The summed E-state index contributed by atoms with van der Waals surface area (Å²) in [7, 11) is 0. The summed E-state index contributed by atoms with van der Waals surface area (Å²) in [5, 5.41) is 16.5. The number of aromatic nitrogens is 4. The average Bonchev–Trinajstić information content (AvgIpc) is 3.16. The molecule has 2 N–H and O–H groups in total. The SMILES string of the molecule is CC1CCCCC1NC(=O)NC(=O)CSc1nnnn1-c1ccc(OC(F)(F)F)cc1. The van der Waals surface area contributed by atoms with Crippen LogP contribution >= 0.6 is 11.8 Å². The Balaban J connectivity index is 1.52. The van der Waals surface area contributed by atoms with Crippen LogP contribution < -0.4 is 15.4 Å². The molecular weight excluding hydrogens is 437 g/mol. The van der Waals surface area contributed by atoms with E-state index in [1.807, 2.05) is 0 Å². The Hall–Kier alpha value is -2.83. The number of thioether (sulfide) groups is 1. The van der Waals surface area contributed by atoms with Gasteiger partial charge in [0.15, 0.2) is 0 Å². The molecule has 168 valence electrons. The van der Waals surface area contributed by atoms with Crippen LogP contribution in [0, 0.1) is 5.92 Å². The van der Waals surface area contributed by atoms with E-state index in [2.05, 4.69) is 37.8 Å². The minimum atomic E-state index is -4.79. The van der Waals surface area contributed by atoms with Crippen LogP contribution in [-0.2, 0) is 4.79 Å². The van der Waals surface area contributed by atoms with Gasteiger partial charge in [0.25, 0.3) is 0 Å². The Bertz CT molecular complexity index is 906. The number of urea groups is 1. The van der Waals surface area contributed by atoms with Gasteiger partial charge in [-0.2, -0.15) is 4.68 Å². The second-order valence-corrected chi connectivity index (χ2v) is 8.04. The second kappa shape index (κ2) is 9.98. The summed E-state index contributed by atoms with van der Waals surface area (Å²) in [6.45, 7) is 2.07. The fraction of sp³-hybridized carbons (Fsp3) is 0.500. The van der Waals surface area contributed by atoms with E-state index in [-0.39, 0.29) is 22.7 Å². The molecule has 3 amide bonds. The molecule has 1 fully saturated rings. The third kappa shape index (κ3) is 6.84. The Labute approximate surface area is 180 Å². The van der Waals surface area contributed by atoms with Gasteiger partial charge in [-0.15, -0.1) is 18.3 Å². The number of carbonyl (C=O) groups excluding carboxylic acids is 2. The Morgan fingerprint density at radius 3 is 2.61 bits per heavy atom. The molecule has 9 nitrogen and oxygen atoms in total. The van der Waals surface area contributed by atoms with Crippen molar-refractivity contribution in [3.8, 4) is 11.4 Å². The minimum Gasteiger partial charge on any atom is -0.406 e. The number of hydrogen-bond donors (Lipinski definition) is 2. The Morgan fingerprint density at radius 2 is 1.94 bits per heavy atom. The molecule has 2 aromatic rings. The quantitative estimate of drug-likeness (QED) is 0.640. The van der Waals surface area contributed by atoms with E-state index in [4.69, 9.17) is 0 Å². The van der Waals surface area contributed by atoms with Gasteiger partial charge in [-0.25, -0.2) is 4.79 Å². The molecule has 0 radical (unpaired) electrons. The lowest BCUT2D eigenvalue weighted by Gasteiger charge is -2.29. The summed E-state index contributed by atoms with van der Waals surface area (Å²) in [5.41, 5.74) is 0.381. The molecule has 13 heteroatoms. The summed E-state index contributed by atoms with van der Waals surface area (Å²) in [4.78, 5) is 24.2. The molecule has 1 aromatic heterocycles. The first-order valence-electron chi connectivity index (χ1n) is 9.59. The summed E-state index contributed by atoms with van der Waals surface area (Å²) >= 11 is 0.983. The van der Waals surface area contributed by atoms with Crippen LogP contribution in [0.3, 0.4) is 0 Å². The van der Waals surface area contributed by atoms with E-state index < -0.39 is 18.3 Å². The first-order valence-corrected chi connectivity index (χ1v) is 10.6. The van der Waals surface area contributed by atoms with Gasteiger partial charge >= 0.3 is 12.4 Å². The number of halogens is 3. The van der Waals surface area contributed by atoms with E-state index in [1.165, 1.54) is 16.8 Å². The maximum Gasteiger partial charge on any atom is 0.573 e. The molecule has 0 bridgehead atoms. The molecule has 0 saturated heterocycles. The van der Waals surface area contributed by atoms with Gasteiger partial charge in [0, 0.05) is 6.04 Å². The molecule has 1 saturated carbocycles.